The van der Waals surface area contributed by atoms with E-state index in [1.165, 1.54) is 0 Å². The summed E-state index contributed by atoms with van der Waals surface area (Å²) in [5, 5.41) is 4.27. The molecule has 0 aromatic heterocycles. The molecule has 186 valence electrons. The van der Waals surface area contributed by atoms with Crippen LogP contribution < -0.4 is 9.47 Å². The highest BCUT2D eigenvalue weighted by molar-refractivity contribution is 6.02. The van der Waals surface area contributed by atoms with Gasteiger partial charge in [0.25, 0.3) is 12.3 Å². The van der Waals surface area contributed by atoms with Crippen LogP contribution in [0.1, 0.15) is 41.6 Å². The lowest BCUT2D eigenvalue weighted by Crippen LogP contribution is -2.41. The molecule has 1 spiro atoms. The number of carbonyl (C=O) groups is 1. The maximum atomic E-state index is 12.8. The van der Waals surface area contributed by atoms with E-state index < -0.39 is 18.6 Å². The third-order valence-electron chi connectivity index (χ3n) is 6.59. The molecule has 35 heavy (non-hydrogen) atoms. The minimum atomic E-state index is -2.59. The third kappa shape index (κ3) is 5.40. The molecular weight excluding hydrogens is 458 g/mol. The maximum absolute atomic E-state index is 12.8. The molecular formula is C26H28F2N2O5. The number of oxime groups is 1. The Kier molecular flexibility index (Phi) is 6.86. The van der Waals surface area contributed by atoms with E-state index in [-0.39, 0.29) is 17.8 Å². The molecule has 1 amide bonds. The quantitative estimate of drug-likeness (QED) is 0.584. The second-order valence-corrected chi connectivity index (χ2v) is 9.13. The fraction of sp³-hybridized carbons (Fsp3) is 0.462. The smallest absolute Gasteiger partial charge is 0.272 e. The topological polar surface area (TPSA) is 69.6 Å². The molecule has 3 aliphatic heterocycles. The van der Waals surface area contributed by atoms with Crippen LogP contribution in [0.3, 0.4) is 0 Å². The van der Waals surface area contributed by atoms with Crippen molar-refractivity contribution in [3.8, 4) is 11.5 Å². The normalized spacial score (nSPS) is 22.4. The van der Waals surface area contributed by atoms with Gasteiger partial charge in [0.1, 0.15) is 12.7 Å². The molecule has 0 bridgehead atoms. The summed E-state index contributed by atoms with van der Waals surface area (Å²) in [4.78, 5) is 20.2. The molecule has 0 aliphatic carbocycles. The van der Waals surface area contributed by atoms with Gasteiger partial charge in [-0.05, 0) is 30.3 Å². The first-order valence-corrected chi connectivity index (χ1v) is 11.9. The number of nitrogens with zero attached hydrogens (tertiary/aromatic N) is 2. The fourth-order valence-corrected chi connectivity index (χ4v) is 4.65. The lowest BCUT2D eigenvalue weighted by molar-refractivity contribution is -0.0237. The Morgan fingerprint density at radius 1 is 1.14 bits per heavy atom. The van der Waals surface area contributed by atoms with E-state index in [1.54, 1.807) is 30.3 Å². The maximum Gasteiger partial charge on any atom is 0.272 e. The number of piperidine rings is 1. The van der Waals surface area contributed by atoms with Crippen molar-refractivity contribution in [1.29, 1.82) is 0 Å². The standard InChI is InChI=1S/C26H28F2N2O5/c27-24(28)16-33-22-7-6-19(21-15-26(35-29-21)10-13-32-17-26)14-23(22)34-20-8-11-30(12-9-20)25(31)18-4-2-1-3-5-18/h1-7,14,20,24H,8-13,15-17H2. The van der Waals surface area contributed by atoms with Gasteiger partial charge in [-0.1, -0.05) is 23.4 Å². The molecule has 0 saturated carbocycles. The van der Waals surface area contributed by atoms with E-state index in [4.69, 9.17) is 19.0 Å². The van der Waals surface area contributed by atoms with Crippen molar-refractivity contribution in [2.24, 2.45) is 5.16 Å². The van der Waals surface area contributed by atoms with Gasteiger partial charge < -0.3 is 23.9 Å². The zero-order valence-corrected chi connectivity index (χ0v) is 19.3. The summed E-state index contributed by atoms with van der Waals surface area (Å²) in [6.45, 7) is 1.52. The van der Waals surface area contributed by atoms with Gasteiger partial charge in [0.15, 0.2) is 17.1 Å². The van der Waals surface area contributed by atoms with Gasteiger partial charge in [0.05, 0.1) is 18.9 Å². The highest BCUT2D eigenvalue weighted by Gasteiger charge is 2.43. The Balaban J connectivity index is 1.27. The largest absolute Gasteiger partial charge is 0.486 e. The molecule has 2 aromatic carbocycles. The predicted octanol–water partition coefficient (Wildman–Crippen LogP) is 4.30. The summed E-state index contributed by atoms with van der Waals surface area (Å²) in [7, 11) is 0. The molecule has 2 fully saturated rings. The number of ether oxygens (including phenoxy) is 3. The number of hydrogen-bond acceptors (Lipinski definition) is 6. The van der Waals surface area contributed by atoms with Crippen LogP contribution in [0.2, 0.25) is 0 Å². The summed E-state index contributed by atoms with van der Waals surface area (Å²) in [6.07, 6.45) is -0.119. The van der Waals surface area contributed by atoms with E-state index in [0.717, 1.165) is 17.7 Å². The highest BCUT2D eigenvalue weighted by atomic mass is 19.3. The summed E-state index contributed by atoms with van der Waals surface area (Å²) >= 11 is 0. The van der Waals surface area contributed by atoms with Gasteiger partial charge in [-0.25, -0.2) is 8.78 Å². The van der Waals surface area contributed by atoms with Gasteiger partial charge in [0, 0.05) is 49.9 Å². The van der Waals surface area contributed by atoms with Crippen molar-refractivity contribution in [3.05, 3.63) is 59.7 Å². The first-order valence-electron chi connectivity index (χ1n) is 11.9. The Morgan fingerprint density at radius 2 is 1.94 bits per heavy atom. The van der Waals surface area contributed by atoms with E-state index >= 15 is 0 Å². The monoisotopic (exact) mass is 486 g/mol. The number of benzene rings is 2. The fourth-order valence-electron chi connectivity index (χ4n) is 4.65. The van der Waals surface area contributed by atoms with Crippen LogP contribution in [0.5, 0.6) is 11.5 Å². The van der Waals surface area contributed by atoms with Crippen molar-refractivity contribution in [2.75, 3.05) is 32.9 Å². The SMILES string of the molecule is O=C(c1ccccc1)N1CCC(Oc2cc(C3=NOC4(CCOC4)C3)ccc2OCC(F)F)CC1. The number of halogens is 2. The summed E-state index contributed by atoms with van der Waals surface area (Å²) in [5.74, 6) is 0.647. The molecule has 0 radical (unpaired) electrons. The number of alkyl halides is 2. The number of carbonyl (C=O) groups excluding carboxylic acids is 1. The number of hydrogen-bond donors (Lipinski definition) is 0. The van der Waals surface area contributed by atoms with Crippen molar-refractivity contribution < 1.29 is 32.6 Å². The average molecular weight is 487 g/mol. The zero-order valence-electron chi connectivity index (χ0n) is 19.3. The summed E-state index contributed by atoms with van der Waals surface area (Å²) in [5.41, 5.74) is 1.81. The van der Waals surface area contributed by atoms with Crippen molar-refractivity contribution >= 4 is 11.6 Å². The summed E-state index contributed by atoms with van der Waals surface area (Å²) in [6, 6.07) is 14.4. The third-order valence-corrected chi connectivity index (χ3v) is 6.59. The van der Waals surface area contributed by atoms with E-state index in [2.05, 4.69) is 5.16 Å². The predicted molar refractivity (Wildman–Crippen MR) is 124 cm³/mol. The average Bonchev–Trinajstić information content (AvgIpc) is 3.53. The minimum Gasteiger partial charge on any atom is -0.486 e. The molecule has 1 unspecified atom stereocenters. The molecule has 3 aliphatic rings. The molecule has 0 N–H and O–H groups in total. The van der Waals surface area contributed by atoms with E-state index in [1.807, 2.05) is 23.1 Å². The number of likely N-dealkylation sites (tertiary alicyclic amines) is 1. The Labute approximate surface area is 202 Å². The van der Waals surface area contributed by atoms with Crippen LogP contribution in [0.15, 0.2) is 53.7 Å². The Bertz CT molecular complexity index is 1060. The van der Waals surface area contributed by atoms with Crippen LogP contribution in [-0.2, 0) is 9.57 Å². The molecule has 1 atom stereocenters. The highest BCUT2D eigenvalue weighted by Crippen LogP contribution is 2.37. The number of amides is 1. The molecule has 9 heteroatoms. The molecule has 7 nitrogen and oxygen atoms in total. The molecule has 5 rings (SSSR count). The van der Waals surface area contributed by atoms with Crippen LogP contribution in [-0.4, -0.2) is 67.6 Å². The van der Waals surface area contributed by atoms with E-state index in [9.17, 15) is 13.6 Å². The first kappa shape index (κ1) is 23.5. The Morgan fingerprint density at radius 3 is 2.66 bits per heavy atom. The van der Waals surface area contributed by atoms with Crippen molar-refractivity contribution in [1.82, 2.24) is 4.90 Å². The second-order valence-electron chi connectivity index (χ2n) is 9.13. The van der Waals surface area contributed by atoms with Crippen LogP contribution in [0.4, 0.5) is 8.78 Å². The minimum absolute atomic E-state index is 0.00364. The molecule has 3 heterocycles. The van der Waals surface area contributed by atoms with Gasteiger partial charge in [0.2, 0.25) is 0 Å². The van der Waals surface area contributed by atoms with Crippen LogP contribution in [0, 0.1) is 0 Å². The number of rotatable bonds is 7. The van der Waals surface area contributed by atoms with Gasteiger partial charge >= 0.3 is 0 Å². The van der Waals surface area contributed by atoms with Gasteiger partial charge in [-0.15, -0.1) is 0 Å². The second kappa shape index (κ2) is 10.2. The van der Waals surface area contributed by atoms with Crippen molar-refractivity contribution in [2.45, 2.75) is 43.8 Å². The molecule has 2 saturated heterocycles. The lowest BCUT2D eigenvalue weighted by atomic mass is 9.93. The zero-order chi connectivity index (χ0) is 24.3. The lowest BCUT2D eigenvalue weighted by Gasteiger charge is -2.32. The van der Waals surface area contributed by atoms with Gasteiger partial charge in [-0.3, -0.25) is 4.79 Å². The van der Waals surface area contributed by atoms with Gasteiger partial charge in [-0.2, -0.15) is 0 Å². The summed E-state index contributed by atoms with van der Waals surface area (Å²) < 4.78 is 42.7. The molecule has 2 aromatic rings. The van der Waals surface area contributed by atoms with Crippen LogP contribution >= 0.6 is 0 Å². The first-order chi connectivity index (χ1) is 17.0. The van der Waals surface area contributed by atoms with Crippen molar-refractivity contribution in [3.63, 3.8) is 0 Å². The van der Waals surface area contributed by atoms with Crippen LogP contribution in [0.25, 0.3) is 0 Å². The van der Waals surface area contributed by atoms with E-state index in [0.29, 0.717) is 56.9 Å². The Hall–Kier alpha value is -3.20.